The van der Waals surface area contributed by atoms with Gasteiger partial charge in [0.15, 0.2) is 0 Å². The summed E-state index contributed by atoms with van der Waals surface area (Å²) in [6, 6.07) is 9.25. The first kappa shape index (κ1) is 18.7. The van der Waals surface area contributed by atoms with E-state index in [9.17, 15) is 20.0 Å². The molecule has 1 amide bonds. The number of nitrogens with one attached hydrogen (secondary N) is 2. The Hall–Kier alpha value is -3.13. The molecule has 0 saturated heterocycles. The lowest BCUT2D eigenvalue weighted by atomic mass is 10.1. The average molecular weight is 389 g/mol. The molecule has 0 atom stereocenters. The maximum Gasteiger partial charge on any atom is 0.288 e. The van der Waals surface area contributed by atoms with Crippen molar-refractivity contribution in [2.75, 3.05) is 6.54 Å². The van der Waals surface area contributed by atoms with Crippen LogP contribution < -0.4 is 5.32 Å². The zero-order valence-electron chi connectivity index (χ0n) is 14.2. The highest BCUT2D eigenvalue weighted by molar-refractivity contribution is 6.33. The number of nitrogens with zero attached hydrogens (tertiary/aromatic N) is 2. The van der Waals surface area contributed by atoms with Crippen LogP contribution >= 0.6 is 11.6 Å². The minimum atomic E-state index is -0.521. The third-order valence-electron chi connectivity index (χ3n) is 4.19. The van der Waals surface area contributed by atoms with Gasteiger partial charge in [-0.25, -0.2) is 0 Å². The van der Waals surface area contributed by atoms with Crippen LogP contribution in [-0.4, -0.2) is 32.7 Å². The van der Waals surface area contributed by atoms with Crippen molar-refractivity contribution in [1.82, 2.24) is 15.5 Å². The van der Waals surface area contributed by atoms with Crippen LogP contribution in [0.3, 0.4) is 0 Å². The number of hydrogen-bond acceptors (Lipinski definition) is 5. The van der Waals surface area contributed by atoms with Crippen molar-refractivity contribution in [2.24, 2.45) is 0 Å². The molecule has 0 aliphatic heterocycles. The lowest BCUT2D eigenvalue weighted by molar-refractivity contribution is -0.384. The number of aromatic amines is 1. The number of nitro groups is 1. The van der Waals surface area contributed by atoms with E-state index in [1.54, 1.807) is 18.2 Å². The minimum absolute atomic E-state index is 0.0532. The largest absolute Gasteiger partial charge is 0.507 e. The summed E-state index contributed by atoms with van der Waals surface area (Å²) in [5.74, 6) is -0.385. The number of H-pyrrole nitrogens is 1. The van der Waals surface area contributed by atoms with Crippen LogP contribution in [0.1, 0.15) is 28.9 Å². The number of hydrogen-bond donors (Lipinski definition) is 3. The number of fused-ring (bicyclic) bond motifs is 1. The van der Waals surface area contributed by atoms with E-state index in [0.29, 0.717) is 30.3 Å². The standard InChI is InChI=1S/C18H17ClN4O4/c19-13-10-15-12(9-16(13)23(26)27)14(21-22-15)6-3-4-8-20-18(25)11-5-1-2-7-17(11)24/h1-2,5,7,9-10,24H,3-4,6,8H2,(H,20,25)(H,21,22). The van der Waals surface area contributed by atoms with Crippen LogP contribution in [0, 0.1) is 10.1 Å². The second-order valence-corrected chi connectivity index (χ2v) is 6.42. The summed E-state index contributed by atoms with van der Waals surface area (Å²) < 4.78 is 0. The van der Waals surface area contributed by atoms with Crippen molar-refractivity contribution in [3.05, 3.63) is 62.8 Å². The van der Waals surface area contributed by atoms with E-state index in [4.69, 9.17) is 11.6 Å². The van der Waals surface area contributed by atoms with Gasteiger partial charge in [-0.05, 0) is 37.5 Å². The highest BCUT2D eigenvalue weighted by atomic mass is 35.5. The van der Waals surface area contributed by atoms with E-state index in [0.717, 1.165) is 12.1 Å². The van der Waals surface area contributed by atoms with E-state index in [-0.39, 0.29) is 27.9 Å². The van der Waals surface area contributed by atoms with Gasteiger partial charge in [0.2, 0.25) is 0 Å². The SMILES string of the molecule is O=C(NCCCCc1[nH]nc2cc(Cl)c([N+](=O)[O-])cc12)c1ccccc1O. The van der Waals surface area contributed by atoms with Crippen molar-refractivity contribution in [3.8, 4) is 5.75 Å². The van der Waals surface area contributed by atoms with Crippen LogP contribution in [0.5, 0.6) is 5.75 Å². The number of phenols is 1. The zero-order valence-corrected chi connectivity index (χ0v) is 15.0. The second kappa shape index (κ2) is 8.05. The number of carbonyl (C=O) groups is 1. The number of unbranched alkanes of at least 4 members (excludes halogenated alkanes) is 1. The molecule has 3 rings (SSSR count). The Morgan fingerprint density at radius 1 is 1.30 bits per heavy atom. The lowest BCUT2D eigenvalue weighted by Gasteiger charge is -2.06. The van der Waals surface area contributed by atoms with E-state index in [1.165, 1.54) is 18.2 Å². The summed E-state index contributed by atoms with van der Waals surface area (Å²) in [6.45, 7) is 0.450. The molecule has 3 N–H and O–H groups in total. The number of benzene rings is 2. The Morgan fingerprint density at radius 2 is 2.07 bits per heavy atom. The monoisotopic (exact) mass is 388 g/mol. The van der Waals surface area contributed by atoms with Gasteiger partial charge in [0, 0.05) is 23.7 Å². The molecule has 2 aromatic carbocycles. The lowest BCUT2D eigenvalue weighted by Crippen LogP contribution is -2.24. The molecule has 1 heterocycles. The fourth-order valence-corrected chi connectivity index (χ4v) is 3.02. The Balaban J connectivity index is 1.55. The number of aryl methyl sites for hydroxylation is 1. The summed E-state index contributed by atoms with van der Waals surface area (Å²) in [7, 11) is 0. The molecule has 1 aromatic heterocycles. The Labute approximate surface area is 159 Å². The number of para-hydroxylation sites is 1. The molecule has 0 fully saturated rings. The van der Waals surface area contributed by atoms with Crippen LogP contribution in [0.2, 0.25) is 5.02 Å². The van der Waals surface area contributed by atoms with Gasteiger partial charge < -0.3 is 10.4 Å². The molecule has 27 heavy (non-hydrogen) atoms. The van der Waals surface area contributed by atoms with Crippen molar-refractivity contribution in [2.45, 2.75) is 19.3 Å². The predicted octanol–water partition coefficient (Wildman–Crippen LogP) is 3.58. The molecule has 8 nitrogen and oxygen atoms in total. The third-order valence-corrected chi connectivity index (χ3v) is 4.49. The highest BCUT2D eigenvalue weighted by Crippen LogP contribution is 2.30. The van der Waals surface area contributed by atoms with Crippen molar-refractivity contribution in [3.63, 3.8) is 0 Å². The van der Waals surface area contributed by atoms with E-state index >= 15 is 0 Å². The maximum atomic E-state index is 12.0. The average Bonchev–Trinajstić information content (AvgIpc) is 3.02. The molecule has 140 valence electrons. The van der Waals surface area contributed by atoms with Gasteiger partial charge in [0.25, 0.3) is 11.6 Å². The summed E-state index contributed by atoms with van der Waals surface area (Å²) in [4.78, 5) is 22.5. The topological polar surface area (TPSA) is 121 Å². The number of nitro benzene ring substituents is 1. The molecular weight excluding hydrogens is 372 g/mol. The zero-order chi connectivity index (χ0) is 19.4. The van der Waals surface area contributed by atoms with Crippen LogP contribution in [0.25, 0.3) is 10.9 Å². The van der Waals surface area contributed by atoms with Crippen molar-refractivity contribution in [1.29, 1.82) is 0 Å². The smallest absolute Gasteiger partial charge is 0.288 e. The molecule has 0 unspecified atom stereocenters. The quantitative estimate of drug-likeness (QED) is 0.324. The normalized spacial score (nSPS) is 10.9. The molecule has 0 radical (unpaired) electrons. The molecule has 0 aliphatic rings. The number of aromatic hydroxyl groups is 1. The first-order chi connectivity index (χ1) is 13.0. The number of aromatic nitrogens is 2. The Morgan fingerprint density at radius 3 is 2.81 bits per heavy atom. The molecule has 9 heteroatoms. The predicted molar refractivity (Wildman–Crippen MR) is 101 cm³/mol. The number of phenolic OH excluding ortho intramolecular Hbond substituents is 1. The molecular formula is C18H17ClN4O4. The molecule has 0 bridgehead atoms. The van der Waals surface area contributed by atoms with E-state index < -0.39 is 4.92 Å². The second-order valence-electron chi connectivity index (χ2n) is 6.01. The first-order valence-electron chi connectivity index (χ1n) is 8.34. The first-order valence-corrected chi connectivity index (χ1v) is 8.72. The summed E-state index contributed by atoms with van der Waals surface area (Å²) in [5.41, 5.74) is 1.45. The minimum Gasteiger partial charge on any atom is -0.507 e. The highest BCUT2D eigenvalue weighted by Gasteiger charge is 2.17. The molecule has 0 aliphatic carbocycles. The van der Waals surface area contributed by atoms with Gasteiger partial charge >= 0.3 is 0 Å². The Kier molecular flexibility index (Phi) is 5.56. The van der Waals surface area contributed by atoms with Gasteiger partial charge in [-0.15, -0.1) is 0 Å². The van der Waals surface area contributed by atoms with Crippen LogP contribution in [0.4, 0.5) is 5.69 Å². The van der Waals surface area contributed by atoms with E-state index in [2.05, 4.69) is 15.5 Å². The van der Waals surface area contributed by atoms with Crippen LogP contribution in [-0.2, 0) is 6.42 Å². The number of halogens is 1. The summed E-state index contributed by atoms with van der Waals surface area (Å²) in [5, 5.41) is 31.2. The number of amides is 1. The number of carbonyl (C=O) groups excluding carboxylic acids is 1. The fraction of sp³-hybridized carbons (Fsp3) is 0.222. The third kappa shape index (κ3) is 4.17. The molecule has 3 aromatic rings. The van der Waals surface area contributed by atoms with Crippen molar-refractivity contribution >= 4 is 34.1 Å². The van der Waals surface area contributed by atoms with Crippen LogP contribution in [0.15, 0.2) is 36.4 Å². The Bertz CT molecular complexity index is 1000. The maximum absolute atomic E-state index is 12.0. The fourth-order valence-electron chi connectivity index (χ4n) is 2.79. The summed E-state index contributed by atoms with van der Waals surface area (Å²) in [6.07, 6.45) is 2.08. The van der Waals surface area contributed by atoms with Crippen molar-refractivity contribution < 1.29 is 14.8 Å². The van der Waals surface area contributed by atoms with Gasteiger partial charge in [-0.1, -0.05) is 23.7 Å². The van der Waals surface area contributed by atoms with Gasteiger partial charge in [0.05, 0.1) is 16.0 Å². The van der Waals surface area contributed by atoms with E-state index in [1.807, 2.05) is 0 Å². The molecule has 0 spiro atoms. The van der Waals surface area contributed by atoms with Gasteiger partial charge in [-0.2, -0.15) is 5.10 Å². The van der Waals surface area contributed by atoms with Gasteiger partial charge in [-0.3, -0.25) is 20.0 Å². The van der Waals surface area contributed by atoms with Gasteiger partial charge in [0.1, 0.15) is 10.8 Å². The number of rotatable bonds is 7. The molecule has 0 saturated carbocycles. The summed E-state index contributed by atoms with van der Waals surface area (Å²) >= 11 is 5.89.